The van der Waals surface area contributed by atoms with Crippen LogP contribution in [0.15, 0.2) is 0 Å². The molecular formula is C21H32N4O6. The highest BCUT2D eigenvalue weighted by Crippen LogP contribution is 2.27. The van der Waals surface area contributed by atoms with Gasteiger partial charge in [0.2, 0.25) is 11.8 Å². The number of hydrogen-bond donors (Lipinski definition) is 1. The summed E-state index contributed by atoms with van der Waals surface area (Å²) in [6.45, 7) is 8.93. The number of carbonyl (C=O) groups excluding carboxylic acids is 4. The molecule has 172 valence electrons. The average Bonchev–Trinajstić information content (AvgIpc) is 3.29. The molecule has 0 aromatic carbocycles. The van der Waals surface area contributed by atoms with Gasteiger partial charge in [0, 0.05) is 31.5 Å². The van der Waals surface area contributed by atoms with Gasteiger partial charge in [-0.1, -0.05) is 13.8 Å². The third-order valence-corrected chi connectivity index (χ3v) is 5.31. The topological polar surface area (TPSA) is 129 Å². The Balaban J connectivity index is 2.13. The average molecular weight is 437 g/mol. The molecule has 0 aromatic heterocycles. The van der Waals surface area contributed by atoms with Crippen LogP contribution in [0.25, 0.3) is 0 Å². The van der Waals surface area contributed by atoms with Crippen LogP contribution in [0.3, 0.4) is 0 Å². The summed E-state index contributed by atoms with van der Waals surface area (Å²) in [5.74, 6) is -1.96. The second-order valence-electron chi connectivity index (χ2n) is 9.34. The molecule has 0 bridgehead atoms. The molecule has 1 N–H and O–H groups in total. The van der Waals surface area contributed by atoms with Crippen molar-refractivity contribution in [3.05, 3.63) is 0 Å². The van der Waals surface area contributed by atoms with E-state index in [0.717, 1.165) is 0 Å². The number of nitriles is 1. The number of hydrogen-bond acceptors (Lipinski definition) is 7. The van der Waals surface area contributed by atoms with Crippen molar-refractivity contribution in [3.63, 3.8) is 0 Å². The minimum absolute atomic E-state index is 0.108. The lowest BCUT2D eigenvalue weighted by Gasteiger charge is -2.28. The molecular weight excluding hydrogens is 404 g/mol. The number of likely N-dealkylation sites (tertiary alicyclic amines) is 2. The van der Waals surface area contributed by atoms with E-state index >= 15 is 0 Å². The Morgan fingerprint density at radius 3 is 2.23 bits per heavy atom. The van der Waals surface area contributed by atoms with Gasteiger partial charge in [-0.25, -0.2) is 9.59 Å². The highest BCUT2D eigenvalue weighted by atomic mass is 16.6. The number of nitrogens with one attached hydrogen (secondary N) is 1. The molecule has 2 aliphatic rings. The molecule has 0 aliphatic carbocycles. The summed E-state index contributed by atoms with van der Waals surface area (Å²) in [6.07, 6.45) is -0.234. The summed E-state index contributed by atoms with van der Waals surface area (Å²) >= 11 is 0. The van der Waals surface area contributed by atoms with Gasteiger partial charge in [0.25, 0.3) is 0 Å². The van der Waals surface area contributed by atoms with Gasteiger partial charge in [-0.05, 0) is 27.2 Å². The largest absolute Gasteiger partial charge is 0.467 e. The normalized spacial score (nSPS) is 25.9. The van der Waals surface area contributed by atoms with E-state index in [1.807, 2.05) is 0 Å². The van der Waals surface area contributed by atoms with Gasteiger partial charge >= 0.3 is 12.1 Å². The Labute approximate surface area is 182 Å². The number of esters is 1. The highest BCUT2D eigenvalue weighted by molar-refractivity contribution is 5.88. The SMILES string of the molecule is COC(=O)[C@H]1C[C@@H](NC(=O)[C@@H]2C[C@@H](C#N)CN2C(=O)OC(C)(C)C)CN1C(=O)C(C)C. The van der Waals surface area contributed by atoms with Crippen LogP contribution in [0.1, 0.15) is 47.5 Å². The zero-order valence-electron chi connectivity index (χ0n) is 19.0. The minimum atomic E-state index is -0.856. The second-order valence-corrected chi connectivity index (χ2v) is 9.34. The summed E-state index contributed by atoms with van der Waals surface area (Å²) in [5, 5.41) is 12.1. The first-order valence-electron chi connectivity index (χ1n) is 10.5. The van der Waals surface area contributed by atoms with Crippen molar-refractivity contribution in [2.24, 2.45) is 11.8 Å². The molecule has 0 saturated carbocycles. The van der Waals surface area contributed by atoms with Gasteiger partial charge in [0.15, 0.2) is 0 Å². The zero-order chi connectivity index (χ0) is 23.5. The molecule has 10 heteroatoms. The maximum Gasteiger partial charge on any atom is 0.411 e. The number of nitrogens with zero attached hydrogens (tertiary/aromatic N) is 3. The first-order chi connectivity index (χ1) is 14.4. The Morgan fingerprint density at radius 1 is 1.06 bits per heavy atom. The lowest BCUT2D eigenvalue weighted by atomic mass is 10.1. The number of ether oxygens (including phenoxy) is 2. The van der Waals surface area contributed by atoms with Crippen molar-refractivity contribution in [3.8, 4) is 6.07 Å². The van der Waals surface area contributed by atoms with E-state index in [1.54, 1.807) is 34.6 Å². The summed E-state index contributed by atoms with van der Waals surface area (Å²) in [5.41, 5.74) is -0.736. The van der Waals surface area contributed by atoms with Crippen LogP contribution >= 0.6 is 0 Å². The third kappa shape index (κ3) is 5.87. The standard InChI is InChI=1S/C21H32N4O6/c1-12(2)18(27)24-11-14(8-16(24)19(28)30-6)23-17(26)15-7-13(9-22)10-25(15)20(29)31-21(3,4)5/h12-16H,7-8,10-11H2,1-6H3,(H,23,26)/t13-,14+,15-,16+/m0/s1. The summed E-state index contributed by atoms with van der Waals surface area (Å²) < 4.78 is 10.2. The molecule has 2 heterocycles. The lowest BCUT2D eigenvalue weighted by molar-refractivity contribution is -0.152. The molecule has 0 radical (unpaired) electrons. The van der Waals surface area contributed by atoms with E-state index in [9.17, 15) is 24.4 Å². The van der Waals surface area contributed by atoms with Crippen LogP contribution in [0.4, 0.5) is 4.79 Å². The molecule has 2 rings (SSSR count). The molecule has 2 saturated heterocycles. The summed E-state index contributed by atoms with van der Waals surface area (Å²) in [7, 11) is 1.26. The van der Waals surface area contributed by atoms with Crippen molar-refractivity contribution >= 4 is 23.9 Å². The maximum absolute atomic E-state index is 13.0. The molecule has 2 fully saturated rings. The molecule has 31 heavy (non-hydrogen) atoms. The van der Waals surface area contributed by atoms with Crippen LogP contribution < -0.4 is 5.32 Å². The van der Waals surface area contributed by atoms with E-state index < -0.39 is 47.6 Å². The van der Waals surface area contributed by atoms with Crippen molar-refractivity contribution in [1.29, 1.82) is 5.26 Å². The molecule has 0 spiro atoms. The fraction of sp³-hybridized carbons (Fsp3) is 0.762. The number of rotatable bonds is 4. The highest BCUT2D eigenvalue weighted by Gasteiger charge is 2.45. The Morgan fingerprint density at radius 2 is 1.71 bits per heavy atom. The fourth-order valence-electron chi connectivity index (χ4n) is 3.87. The third-order valence-electron chi connectivity index (χ3n) is 5.31. The van der Waals surface area contributed by atoms with Crippen LogP contribution in [0.2, 0.25) is 0 Å². The molecule has 0 unspecified atom stereocenters. The minimum Gasteiger partial charge on any atom is -0.467 e. The number of amides is 3. The van der Waals surface area contributed by atoms with E-state index in [4.69, 9.17) is 9.47 Å². The van der Waals surface area contributed by atoms with Crippen LogP contribution in [-0.4, -0.2) is 77.6 Å². The smallest absolute Gasteiger partial charge is 0.411 e. The van der Waals surface area contributed by atoms with Gasteiger partial charge in [-0.15, -0.1) is 0 Å². The molecule has 4 atom stereocenters. The maximum atomic E-state index is 13.0. The lowest BCUT2D eigenvalue weighted by Crippen LogP contribution is -2.50. The number of carbonyl (C=O) groups is 4. The Hall–Kier alpha value is -2.83. The molecule has 2 aliphatic heterocycles. The van der Waals surface area contributed by atoms with Crippen molar-refractivity contribution in [2.45, 2.75) is 71.2 Å². The van der Waals surface area contributed by atoms with Crippen LogP contribution in [0, 0.1) is 23.2 Å². The van der Waals surface area contributed by atoms with Crippen molar-refractivity contribution < 1.29 is 28.7 Å². The molecule has 3 amide bonds. The monoisotopic (exact) mass is 436 g/mol. The van der Waals surface area contributed by atoms with Gasteiger partial charge in [-0.2, -0.15) is 5.26 Å². The number of methoxy groups -OCH3 is 1. The van der Waals surface area contributed by atoms with E-state index in [0.29, 0.717) is 0 Å². The van der Waals surface area contributed by atoms with Crippen molar-refractivity contribution in [2.75, 3.05) is 20.2 Å². The van der Waals surface area contributed by atoms with E-state index in [-0.39, 0.29) is 37.8 Å². The second kappa shape index (κ2) is 9.54. The Bertz CT molecular complexity index is 769. The van der Waals surface area contributed by atoms with Gasteiger partial charge in [0.1, 0.15) is 17.7 Å². The van der Waals surface area contributed by atoms with Crippen LogP contribution in [0.5, 0.6) is 0 Å². The summed E-state index contributed by atoms with van der Waals surface area (Å²) in [6, 6.07) is 0.00824. The van der Waals surface area contributed by atoms with Crippen LogP contribution in [-0.2, 0) is 23.9 Å². The quantitative estimate of drug-likeness (QED) is 0.652. The zero-order valence-corrected chi connectivity index (χ0v) is 19.0. The fourth-order valence-corrected chi connectivity index (χ4v) is 3.87. The predicted molar refractivity (Wildman–Crippen MR) is 109 cm³/mol. The van der Waals surface area contributed by atoms with Gasteiger partial charge in [-0.3, -0.25) is 14.5 Å². The molecule has 10 nitrogen and oxygen atoms in total. The molecule has 0 aromatic rings. The summed E-state index contributed by atoms with van der Waals surface area (Å²) in [4.78, 5) is 53.0. The first-order valence-corrected chi connectivity index (χ1v) is 10.5. The van der Waals surface area contributed by atoms with Gasteiger partial charge < -0.3 is 19.7 Å². The predicted octanol–water partition coefficient (Wildman–Crippen LogP) is 1.05. The van der Waals surface area contributed by atoms with E-state index in [1.165, 1.54) is 16.9 Å². The first kappa shape index (κ1) is 24.4. The van der Waals surface area contributed by atoms with E-state index in [2.05, 4.69) is 11.4 Å². The van der Waals surface area contributed by atoms with Crippen molar-refractivity contribution in [1.82, 2.24) is 15.1 Å². The van der Waals surface area contributed by atoms with Gasteiger partial charge in [0.05, 0.1) is 19.1 Å². The Kier molecular flexibility index (Phi) is 7.52.